The third-order valence-electron chi connectivity index (χ3n) is 5.88. The van der Waals surface area contributed by atoms with Crippen LogP contribution >= 0.6 is 0 Å². The quantitative estimate of drug-likeness (QED) is 0.798. The van der Waals surface area contributed by atoms with Gasteiger partial charge in [0.2, 0.25) is 5.91 Å². The number of likely N-dealkylation sites (tertiary alicyclic amines) is 2. The lowest BCUT2D eigenvalue weighted by molar-refractivity contribution is -0.141. The Hall–Kier alpha value is -1.90. The van der Waals surface area contributed by atoms with Gasteiger partial charge in [-0.25, -0.2) is 9.97 Å². The Morgan fingerprint density at radius 2 is 1.70 bits per heavy atom. The third kappa shape index (κ3) is 3.74. The third-order valence-corrected chi connectivity index (χ3v) is 5.88. The maximum atomic E-state index is 13.0. The molecule has 4 rings (SSSR count). The molecule has 0 radical (unpaired) electrons. The first-order chi connectivity index (χ1) is 12.8. The molecule has 0 bridgehead atoms. The molecule has 0 aromatic carbocycles. The minimum Gasteiger partial charge on any atom is -0.350 e. The maximum absolute atomic E-state index is 13.0. The topological polar surface area (TPSA) is 52.6 Å². The van der Waals surface area contributed by atoms with E-state index in [4.69, 9.17) is 0 Å². The summed E-state index contributed by atoms with van der Waals surface area (Å²) in [6, 6.07) is 1.44. The summed E-state index contributed by atoms with van der Waals surface area (Å²) in [4.78, 5) is 25.8. The largest absolute Gasteiger partial charge is 0.433 e. The van der Waals surface area contributed by atoms with Crippen molar-refractivity contribution in [3.05, 3.63) is 18.1 Å². The Bertz CT molecular complexity index is 700. The Morgan fingerprint density at radius 3 is 2.26 bits per heavy atom. The van der Waals surface area contributed by atoms with Crippen LogP contribution in [0.3, 0.4) is 0 Å². The van der Waals surface area contributed by atoms with Crippen molar-refractivity contribution in [1.29, 1.82) is 0 Å². The molecule has 9 heteroatoms. The lowest BCUT2D eigenvalue weighted by Crippen LogP contribution is -2.51. The van der Waals surface area contributed by atoms with E-state index in [0.717, 1.165) is 64.1 Å². The fraction of sp³-hybridized carbons (Fsp3) is 0.722. The average molecular weight is 383 g/mol. The van der Waals surface area contributed by atoms with Gasteiger partial charge in [-0.2, -0.15) is 13.2 Å². The van der Waals surface area contributed by atoms with Crippen molar-refractivity contribution in [2.45, 2.75) is 56.4 Å². The predicted octanol–water partition coefficient (Wildman–Crippen LogP) is 2.16. The molecule has 1 aromatic heterocycles. The number of halogens is 3. The molecule has 1 amide bonds. The highest BCUT2D eigenvalue weighted by Gasteiger charge is 2.41. The molecule has 148 valence electrons. The highest BCUT2D eigenvalue weighted by molar-refractivity contribution is 5.83. The van der Waals surface area contributed by atoms with E-state index in [2.05, 4.69) is 19.8 Å². The second kappa shape index (κ2) is 6.92. The van der Waals surface area contributed by atoms with Crippen molar-refractivity contribution >= 4 is 11.7 Å². The summed E-state index contributed by atoms with van der Waals surface area (Å²) in [5.74, 6) is 0.549. The molecule has 2 aliphatic heterocycles. The Balaban J connectivity index is 1.46. The normalized spacial score (nSPS) is 25.3. The number of rotatable bonds is 4. The molecular formula is C18H24F3N5O. The molecule has 3 fully saturated rings. The van der Waals surface area contributed by atoms with Gasteiger partial charge < -0.3 is 9.80 Å². The van der Waals surface area contributed by atoms with Crippen molar-refractivity contribution in [1.82, 2.24) is 19.8 Å². The first-order valence-corrected chi connectivity index (χ1v) is 9.51. The molecule has 1 unspecified atom stereocenters. The van der Waals surface area contributed by atoms with E-state index < -0.39 is 11.9 Å². The zero-order chi connectivity index (χ0) is 19.2. The fourth-order valence-corrected chi connectivity index (χ4v) is 4.29. The minimum atomic E-state index is -4.47. The Labute approximate surface area is 156 Å². The Kier molecular flexibility index (Phi) is 4.73. The number of aromatic nitrogens is 2. The second-order valence-corrected chi connectivity index (χ2v) is 7.73. The number of amides is 1. The molecule has 1 atom stereocenters. The number of carbonyl (C=O) groups is 1. The molecule has 27 heavy (non-hydrogen) atoms. The van der Waals surface area contributed by atoms with Crippen LogP contribution in [0.4, 0.5) is 19.0 Å². The van der Waals surface area contributed by atoms with Crippen molar-refractivity contribution in [3.8, 4) is 0 Å². The fourth-order valence-electron chi connectivity index (χ4n) is 4.29. The van der Waals surface area contributed by atoms with Gasteiger partial charge in [-0.15, -0.1) is 0 Å². The van der Waals surface area contributed by atoms with Crippen LogP contribution in [-0.4, -0.2) is 70.5 Å². The molecule has 3 aliphatic rings. The highest BCUT2D eigenvalue weighted by atomic mass is 19.4. The first kappa shape index (κ1) is 18.5. The number of alkyl halides is 3. The molecule has 2 saturated heterocycles. The van der Waals surface area contributed by atoms with Crippen LogP contribution in [0, 0.1) is 0 Å². The van der Waals surface area contributed by atoms with E-state index >= 15 is 0 Å². The van der Waals surface area contributed by atoms with Crippen molar-refractivity contribution < 1.29 is 18.0 Å². The van der Waals surface area contributed by atoms with Crippen LogP contribution in [0.1, 0.15) is 37.8 Å². The van der Waals surface area contributed by atoms with E-state index in [1.165, 1.54) is 0 Å². The zero-order valence-electron chi connectivity index (χ0n) is 15.3. The summed E-state index contributed by atoms with van der Waals surface area (Å²) in [5.41, 5.74) is -0.893. The van der Waals surface area contributed by atoms with Gasteiger partial charge in [0, 0.05) is 44.8 Å². The molecule has 0 spiro atoms. The van der Waals surface area contributed by atoms with Gasteiger partial charge in [0.1, 0.15) is 17.8 Å². The SMILES string of the molecule is CN1CCC(N2CCC(N(c3cc(C(F)(F)F)ncn3)C3CC3)CC2)C1=O. The number of carbonyl (C=O) groups excluding carboxylic acids is 1. The van der Waals surface area contributed by atoms with Crippen molar-refractivity contribution in [2.75, 3.05) is 31.6 Å². The number of likely N-dealkylation sites (N-methyl/N-ethyl adjacent to an activating group) is 1. The maximum Gasteiger partial charge on any atom is 0.433 e. The van der Waals surface area contributed by atoms with E-state index in [9.17, 15) is 18.0 Å². The van der Waals surface area contributed by atoms with Crippen molar-refractivity contribution in [2.24, 2.45) is 0 Å². The Morgan fingerprint density at radius 1 is 1.04 bits per heavy atom. The molecule has 1 saturated carbocycles. The number of piperidine rings is 1. The zero-order valence-corrected chi connectivity index (χ0v) is 15.3. The summed E-state index contributed by atoms with van der Waals surface area (Å²) in [6.07, 6.45) is 1.02. The van der Waals surface area contributed by atoms with Gasteiger partial charge in [0.15, 0.2) is 0 Å². The molecule has 3 heterocycles. The lowest BCUT2D eigenvalue weighted by atomic mass is 10.0. The predicted molar refractivity (Wildman–Crippen MR) is 93.2 cm³/mol. The van der Waals surface area contributed by atoms with Crippen LogP contribution in [0.25, 0.3) is 0 Å². The van der Waals surface area contributed by atoms with Crippen LogP contribution in [-0.2, 0) is 11.0 Å². The smallest absolute Gasteiger partial charge is 0.350 e. The van der Waals surface area contributed by atoms with Crippen LogP contribution < -0.4 is 4.90 Å². The van der Waals surface area contributed by atoms with Gasteiger partial charge in [-0.3, -0.25) is 9.69 Å². The lowest BCUT2D eigenvalue weighted by Gasteiger charge is -2.41. The molecule has 0 N–H and O–H groups in total. The van der Waals surface area contributed by atoms with Crippen LogP contribution in [0.15, 0.2) is 12.4 Å². The number of nitrogens with zero attached hydrogens (tertiary/aromatic N) is 5. The van der Waals surface area contributed by atoms with Gasteiger partial charge >= 0.3 is 6.18 Å². The van der Waals surface area contributed by atoms with Gasteiger partial charge in [-0.1, -0.05) is 0 Å². The number of hydrogen-bond acceptors (Lipinski definition) is 5. The summed E-state index contributed by atoms with van der Waals surface area (Å²) >= 11 is 0. The summed E-state index contributed by atoms with van der Waals surface area (Å²) in [7, 11) is 1.83. The molecular weight excluding hydrogens is 359 g/mol. The monoisotopic (exact) mass is 383 g/mol. The highest BCUT2D eigenvalue weighted by Crippen LogP contribution is 2.37. The first-order valence-electron chi connectivity index (χ1n) is 9.51. The standard InChI is InChI=1S/C18H24F3N5O/c1-24-7-6-14(17(24)27)25-8-4-13(5-9-25)26(12-2-3-12)16-10-15(18(19,20)21)22-11-23-16/h10-14H,2-9H2,1H3. The van der Waals surface area contributed by atoms with Gasteiger partial charge in [0.25, 0.3) is 0 Å². The summed E-state index contributed by atoms with van der Waals surface area (Å²) in [5, 5.41) is 0. The van der Waals surface area contributed by atoms with Gasteiger partial charge in [-0.05, 0) is 32.1 Å². The van der Waals surface area contributed by atoms with E-state index in [0.29, 0.717) is 5.82 Å². The number of hydrogen-bond donors (Lipinski definition) is 0. The van der Waals surface area contributed by atoms with Crippen molar-refractivity contribution in [3.63, 3.8) is 0 Å². The molecule has 1 aromatic rings. The average Bonchev–Trinajstić information content (AvgIpc) is 3.42. The summed E-state index contributed by atoms with van der Waals surface area (Å²) < 4.78 is 39.1. The van der Waals surface area contributed by atoms with E-state index in [-0.39, 0.29) is 24.0 Å². The number of anilines is 1. The van der Waals surface area contributed by atoms with Crippen LogP contribution in [0.2, 0.25) is 0 Å². The minimum absolute atomic E-state index is 0.0405. The van der Waals surface area contributed by atoms with E-state index in [1.807, 2.05) is 7.05 Å². The molecule has 1 aliphatic carbocycles. The van der Waals surface area contributed by atoms with E-state index in [1.54, 1.807) is 4.90 Å². The summed E-state index contributed by atoms with van der Waals surface area (Å²) in [6.45, 7) is 2.36. The van der Waals surface area contributed by atoms with Gasteiger partial charge in [0.05, 0.1) is 6.04 Å². The molecule has 6 nitrogen and oxygen atoms in total. The van der Waals surface area contributed by atoms with Crippen LogP contribution in [0.5, 0.6) is 0 Å². The second-order valence-electron chi connectivity index (χ2n) is 7.73.